The second-order valence-corrected chi connectivity index (χ2v) is 4.33. The van der Waals surface area contributed by atoms with Crippen LogP contribution >= 0.6 is 15.9 Å². The van der Waals surface area contributed by atoms with Gasteiger partial charge in [0.1, 0.15) is 5.82 Å². The van der Waals surface area contributed by atoms with Gasteiger partial charge in [0.2, 0.25) is 0 Å². The van der Waals surface area contributed by atoms with Crippen LogP contribution in [-0.4, -0.2) is 11.1 Å². The van der Waals surface area contributed by atoms with Crippen LogP contribution in [0.4, 0.5) is 4.39 Å². The largest absolute Gasteiger partial charge is 0.478 e. The molecule has 0 amide bonds. The van der Waals surface area contributed by atoms with Crippen molar-refractivity contribution < 1.29 is 14.3 Å². The summed E-state index contributed by atoms with van der Waals surface area (Å²) in [6.45, 7) is 0. The first-order chi connectivity index (χ1) is 8.09. The fourth-order valence-corrected chi connectivity index (χ4v) is 1.97. The molecule has 0 aliphatic rings. The molecule has 0 aliphatic carbocycles. The van der Waals surface area contributed by atoms with Crippen LogP contribution in [0.25, 0.3) is 11.1 Å². The third-order valence-electron chi connectivity index (χ3n) is 2.38. The average Bonchev–Trinajstić information content (AvgIpc) is 2.30. The maximum absolute atomic E-state index is 13.5. The van der Waals surface area contributed by atoms with Gasteiger partial charge >= 0.3 is 5.97 Å². The number of hydrogen-bond acceptors (Lipinski definition) is 1. The van der Waals surface area contributed by atoms with E-state index in [9.17, 15) is 9.18 Å². The quantitative estimate of drug-likeness (QED) is 0.910. The molecule has 0 heterocycles. The highest BCUT2D eigenvalue weighted by Gasteiger charge is 2.11. The lowest BCUT2D eigenvalue weighted by Gasteiger charge is -2.06. The molecule has 2 aromatic carbocycles. The highest BCUT2D eigenvalue weighted by atomic mass is 79.9. The van der Waals surface area contributed by atoms with Crippen molar-refractivity contribution in [1.29, 1.82) is 0 Å². The van der Waals surface area contributed by atoms with Crippen LogP contribution in [0.1, 0.15) is 10.4 Å². The van der Waals surface area contributed by atoms with Gasteiger partial charge in [-0.25, -0.2) is 9.18 Å². The third-order valence-corrected chi connectivity index (χ3v) is 3.07. The molecule has 0 unspecified atom stereocenters. The number of carboxylic acids is 1. The number of carboxylic acid groups (broad SMARTS) is 1. The Morgan fingerprint density at radius 3 is 2.53 bits per heavy atom. The van der Waals surface area contributed by atoms with Crippen molar-refractivity contribution in [3.63, 3.8) is 0 Å². The van der Waals surface area contributed by atoms with Gasteiger partial charge < -0.3 is 5.11 Å². The summed E-state index contributed by atoms with van der Waals surface area (Å²) in [4.78, 5) is 11.0. The van der Waals surface area contributed by atoms with E-state index < -0.39 is 5.97 Å². The zero-order valence-electron chi connectivity index (χ0n) is 8.65. The highest BCUT2D eigenvalue weighted by Crippen LogP contribution is 2.27. The molecule has 0 bridgehead atoms. The topological polar surface area (TPSA) is 37.3 Å². The Hall–Kier alpha value is -1.68. The van der Waals surface area contributed by atoms with Crippen molar-refractivity contribution in [2.75, 3.05) is 0 Å². The number of rotatable bonds is 2. The molecule has 0 fully saturated rings. The summed E-state index contributed by atoms with van der Waals surface area (Å²) >= 11 is 3.15. The molecule has 0 saturated heterocycles. The van der Waals surface area contributed by atoms with Crippen molar-refractivity contribution in [1.82, 2.24) is 0 Å². The minimum absolute atomic E-state index is 0.116. The van der Waals surface area contributed by atoms with Crippen molar-refractivity contribution in [3.8, 4) is 11.1 Å². The van der Waals surface area contributed by atoms with E-state index in [1.54, 1.807) is 30.3 Å². The molecule has 0 atom stereocenters. The highest BCUT2D eigenvalue weighted by molar-refractivity contribution is 9.10. The monoisotopic (exact) mass is 294 g/mol. The Morgan fingerprint density at radius 2 is 1.88 bits per heavy atom. The summed E-state index contributed by atoms with van der Waals surface area (Å²) < 4.78 is 14.0. The van der Waals surface area contributed by atoms with Gasteiger partial charge in [-0.3, -0.25) is 0 Å². The molecule has 4 heteroatoms. The Bertz CT molecular complexity index is 581. The summed E-state index contributed by atoms with van der Waals surface area (Å²) in [7, 11) is 0. The van der Waals surface area contributed by atoms with E-state index in [4.69, 9.17) is 5.11 Å². The molecule has 0 spiro atoms. The normalized spacial score (nSPS) is 10.2. The Morgan fingerprint density at radius 1 is 1.18 bits per heavy atom. The fourth-order valence-electron chi connectivity index (χ4n) is 1.55. The Kier molecular flexibility index (Phi) is 3.24. The van der Waals surface area contributed by atoms with Gasteiger partial charge in [0.25, 0.3) is 0 Å². The van der Waals surface area contributed by atoms with Crippen LogP contribution in [0.2, 0.25) is 0 Å². The van der Waals surface area contributed by atoms with Crippen LogP contribution in [0, 0.1) is 5.82 Å². The number of halogens is 2. The van der Waals surface area contributed by atoms with Crippen LogP contribution in [0.15, 0.2) is 46.9 Å². The molecule has 17 heavy (non-hydrogen) atoms. The zero-order valence-corrected chi connectivity index (χ0v) is 10.2. The molecule has 0 aliphatic heterocycles. The Balaban J connectivity index is 2.58. The predicted molar refractivity (Wildman–Crippen MR) is 66.5 cm³/mol. The van der Waals surface area contributed by atoms with E-state index in [0.717, 1.165) is 0 Å². The first-order valence-corrected chi connectivity index (χ1v) is 5.66. The van der Waals surface area contributed by atoms with Gasteiger partial charge in [-0.2, -0.15) is 0 Å². The molecule has 2 nitrogen and oxygen atoms in total. The summed E-state index contributed by atoms with van der Waals surface area (Å²) in [5.74, 6) is -1.42. The van der Waals surface area contributed by atoms with Crippen LogP contribution in [0.3, 0.4) is 0 Å². The summed E-state index contributed by atoms with van der Waals surface area (Å²) in [5.41, 5.74) is 1.05. The summed E-state index contributed by atoms with van der Waals surface area (Å²) in [6, 6.07) is 11.0. The van der Waals surface area contributed by atoms with Gasteiger partial charge in [-0.05, 0) is 39.7 Å². The van der Waals surface area contributed by atoms with E-state index in [1.807, 2.05) is 0 Å². The molecule has 86 valence electrons. The van der Waals surface area contributed by atoms with E-state index in [2.05, 4.69) is 15.9 Å². The second-order valence-electron chi connectivity index (χ2n) is 3.48. The fraction of sp³-hybridized carbons (Fsp3) is 0. The maximum atomic E-state index is 13.5. The standard InChI is InChI=1S/C13H8BrFO2/c14-11-6-5-8(7-10(11)13(16)17)9-3-1-2-4-12(9)15/h1-7H,(H,16,17). The van der Waals surface area contributed by atoms with Crippen LogP contribution in [-0.2, 0) is 0 Å². The molecule has 2 aromatic rings. The van der Waals surface area contributed by atoms with Crippen molar-refractivity contribution in [2.24, 2.45) is 0 Å². The van der Waals surface area contributed by atoms with Crippen molar-refractivity contribution >= 4 is 21.9 Å². The molecule has 0 radical (unpaired) electrons. The molecule has 1 N–H and O–H groups in total. The van der Waals surface area contributed by atoms with Gasteiger partial charge in [0.15, 0.2) is 0 Å². The molecular formula is C13H8BrFO2. The number of benzene rings is 2. The molecule has 0 aromatic heterocycles. The van der Waals surface area contributed by atoms with E-state index in [0.29, 0.717) is 15.6 Å². The summed E-state index contributed by atoms with van der Waals surface area (Å²) in [5, 5.41) is 8.98. The zero-order chi connectivity index (χ0) is 12.4. The molecule has 0 saturated carbocycles. The van der Waals surface area contributed by atoms with Gasteiger partial charge in [0.05, 0.1) is 5.56 Å². The average molecular weight is 295 g/mol. The van der Waals surface area contributed by atoms with Gasteiger partial charge in [-0.1, -0.05) is 24.3 Å². The Labute approximate surface area is 106 Å². The van der Waals surface area contributed by atoms with Crippen LogP contribution in [0.5, 0.6) is 0 Å². The smallest absolute Gasteiger partial charge is 0.336 e. The SMILES string of the molecule is O=C(O)c1cc(-c2ccccc2F)ccc1Br. The first-order valence-electron chi connectivity index (χ1n) is 4.87. The third kappa shape index (κ3) is 2.36. The van der Waals surface area contributed by atoms with Crippen LogP contribution < -0.4 is 0 Å². The second kappa shape index (κ2) is 4.67. The lowest BCUT2D eigenvalue weighted by Crippen LogP contribution is -1.98. The van der Waals surface area contributed by atoms with Gasteiger partial charge in [-0.15, -0.1) is 0 Å². The minimum atomic E-state index is -1.05. The summed E-state index contributed by atoms with van der Waals surface area (Å²) in [6.07, 6.45) is 0. The maximum Gasteiger partial charge on any atom is 0.336 e. The van der Waals surface area contributed by atoms with Crippen molar-refractivity contribution in [3.05, 3.63) is 58.3 Å². The van der Waals surface area contributed by atoms with E-state index in [-0.39, 0.29) is 11.4 Å². The number of hydrogen-bond donors (Lipinski definition) is 1. The lowest BCUT2D eigenvalue weighted by atomic mass is 10.0. The molecule has 2 rings (SSSR count). The molecular weight excluding hydrogens is 287 g/mol. The number of carbonyl (C=O) groups is 1. The van der Waals surface area contributed by atoms with Crippen molar-refractivity contribution in [2.45, 2.75) is 0 Å². The minimum Gasteiger partial charge on any atom is -0.478 e. The van der Waals surface area contributed by atoms with E-state index >= 15 is 0 Å². The lowest BCUT2D eigenvalue weighted by molar-refractivity contribution is 0.0696. The number of aromatic carboxylic acids is 1. The predicted octanol–water partition coefficient (Wildman–Crippen LogP) is 3.95. The first kappa shape index (κ1) is 11.8. The van der Waals surface area contributed by atoms with Gasteiger partial charge in [0, 0.05) is 10.0 Å². The van der Waals surface area contributed by atoms with E-state index in [1.165, 1.54) is 12.1 Å².